The van der Waals surface area contributed by atoms with Gasteiger partial charge in [-0.2, -0.15) is 0 Å². The van der Waals surface area contributed by atoms with Gasteiger partial charge in [0.25, 0.3) is 0 Å². The summed E-state index contributed by atoms with van der Waals surface area (Å²) in [6.07, 6.45) is 0. The Morgan fingerprint density at radius 1 is 0.733 bits per heavy atom. The molecule has 0 aliphatic carbocycles. The third-order valence-electron chi connectivity index (χ3n) is 2.35. The van der Waals surface area contributed by atoms with Crippen molar-refractivity contribution >= 4 is 22.7 Å². The van der Waals surface area contributed by atoms with Crippen molar-refractivity contribution in [3.05, 3.63) is 9.75 Å². The number of thiophene rings is 1. The summed E-state index contributed by atoms with van der Waals surface area (Å²) in [6.45, 7) is 13.0. The maximum Gasteiger partial charge on any atom is 0.0698 e. The predicted molar refractivity (Wildman–Crippen MR) is 70.5 cm³/mol. The molecule has 2 nitrogen and oxygen atoms in total. The van der Waals surface area contributed by atoms with Crippen LogP contribution in [0.25, 0.3) is 0 Å². The zero-order valence-corrected chi connectivity index (χ0v) is 11.4. The van der Waals surface area contributed by atoms with Crippen molar-refractivity contribution in [3.63, 3.8) is 0 Å². The predicted octanol–water partition coefficient (Wildman–Crippen LogP) is 3.51. The Labute approximate surface area is 96.7 Å². The summed E-state index contributed by atoms with van der Waals surface area (Å²) in [5, 5.41) is 0. The van der Waals surface area contributed by atoms with Crippen LogP contribution in [-0.2, 0) is 10.8 Å². The average molecular weight is 226 g/mol. The number of anilines is 2. The maximum absolute atomic E-state index is 6.07. The molecule has 0 spiro atoms. The summed E-state index contributed by atoms with van der Waals surface area (Å²) in [4.78, 5) is 2.40. The highest BCUT2D eigenvalue weighted by atomic mass is 32.1. The van der Waals surface area contributed by atoms with Crippen molar-refractivity contribution in [2.24, 2.45) is 0 Å². The van der Waals surface area contributed by atoms with Gasteiger partial charge in [-0.1, -0.05) is 41.5 Å². The lowest BCUT2D eigenvalue weighted by atomic mass is 9.91. The van der Waals surface area contributed by atoms with Crippen molar-refractivity contribution < 1.29 is 0 Å². The van der Waals surface area contributed by atoms with Crippen molar-refractivity contribution in [2.45, 2.75) is 52.4 Å². The summed E-state index contributed by atoms with van der Waals surface area (Å²) >= 11 is 1.75. The number of hydrogen-bond acceptors (Lipinski definition) is 3. The van der Waals surface area contributed by atoms with Crippen LogP contribution in [0.15, 0.2) is 0 Å². The molecule has 1 rings (SSSR count). The molecule has 0 saturated carbocycles. The van der Waals surface area contributed by atoms with Crippen LogP contribution < -0.4 is 11.5 Å². The van der Waals surface area contributed by atoms with Crippen molar-refractivity contribution in [1.82, 2.24) is 0 Å². The second-order valence-electron chi connectivity index (χ2n) is 6.09. The first kappa shape index (κ1) is 12.4. The minimum absolute atomic E-state index is 0.0758. The fourth-order valence-corrected chi connectivity index (χ4v) is 2.83. The molecule has 0 aromatic carbocycles. The van der Waals surface area contributed by atoms with E-state index in [0.29, 0.717) is 0 Å². The SMILES string of the molecule is CC(C)(C)c1sc(C(C)(C)C)c(N)c1N. The van der Waals surface area contributed by atoms with Gasteiger partial charge in [0.15, 0.2) is 0 Å². The Bertz CT molecular complexity index is 330. The van der Waals surface area contributed by atoms with E-state index in [1.807, 2.05) is 0 Å². The Hall–Kier alpha value is -0.700. The van der Waals surface area contributed by atoms with Gasteiger partial charge in [0, 0.05) is 9.75 Å². The van der Waals surface area contributed by atoms with Gasteiger partial charge in [0.05, 0.1) is 11.4 Å². The smallest absolute Gasteiger partial charge is 0.0698 e. The van der Waals surface area contributed by atoms with Gasteiger partial charge >= 0.3 is 0 Å². The molecule has 0 atom stereocenters. The van der Waals surface area contributed by atoms with Gasteiger partial charge in [-0.3, -0.25) is 0 Å². The molecule has 3 heteroatoms. The van der Waals surface area contributed by atoms with Crippen molar-refractivity contribution in [3.8, 4) is 0 Å². The summed E-state index contributed by atoms with van der Waals surface area (Å²) in [5.74, 6) is 0. The van der Waals surface area contributed by atoms with E-state index in [4.69, 9.17) is 11.5 Å². The Morgan fingerprint density at radius 2 is 1.00 bits per heavy atom. The largest absolute Gasteiger partial charge is 0.396 e. The molecule has 1 aromatic heterocycles. The van der Waals surface area contributed by atoms with E-state index in [1.54, 1.807) is 11.3 Å². The van der Waals surface area contributed by atoms with E-state index in [2.05, 4.69) is 41.5 Å². The zero-order valence-electron chi connectivity index (χ0n) is 10.6. The van der Waals surface area contributed by atoms with Crippen LogP contribution in [0.5, 0.6) is 0 Å². The van der Waals surface area contributed by atoms with Gasteiger partial charge in [-0.25, -0.2) is 0 Å². The van der Waals surface area contributed by atoms with E-state index in [1.165, 1.54) is 9.75 Å². The minimum atomic E-state index is 0.0758. The monoisotopic (exact) mass is 226 g/mol. The third-order valence-corrected chi connectivity index (χ3v) is 4.42. The highest BCUT2D eigenvalue weighted by molar-refractivity contribution is 7.13. The second-order valence-corrected chi connectivity index (χ2v) is 7.11. The van der Waals surface area contributed by atoms with Gasteiger partial charge in [-0.05, 0) is 10.8 Å². The van der Waals surface area contributed by atoms with Crippen LogP contribution in [-0.4, -0.2) is 0 Å². The molecule has 0 amide bonds. The molecule has 86 valence electrons. The second kappa shape index (κ2) is 3.41. The molecule has 4 N–H and O–H groups in total. The lowest BCUT2D eigenvalue weighted by Gasteiger charge is -2.18. The van der Waals surface area contributed by atoms with Crippen LogP contribution in [0.3, 0.4) is 0 Å². The zero-order chi connectivity index (χ0) is 12.0. The standard InChI is InChI=1S/C12H22N2S/c1-11(2,3)9-7(13)8(14)10(15-9)12(4,5)6/h13-14H2,1-6H3. The lowest BCUT2D eigenvalue weighted by Crippen LogP contribution is -2.11. The molecule has 0 saturated heterocycles. The van der Waals surface area contributed by atoms with Gasteiger partial charge in [0.1, 0.15) is 0 Å². The Morgan fingerprint density at radius 3 is 1.13 bits per heavy atom. The van der Waals surface area contributed by atoms with Gasteiger partial charge in [0.2, 0.25) is 0 Å². The average Bonchev–Trinajstić information content (AvgIpc) is 2.26. The van der Waals surface area contributed by atoms with E-state index >= 15 is 0 Å². The molecular formula is C12H22N2S. The minimum Gasteiger partial charge on any atom is -0.396 e. The molecule has 1 heterocycles. The van der Waals surface area contributed by atoms with Gasteiger partial charge in [-0.15, -0.1) is 11.3 Å². The van der Waals surface area contributed by atoms with Crippen LogP contribution >= 0.6 is 11.3 Å². The molecule has 0 radical (unpaired) electrons. The highest BCUT2D eigenvalue weighted by Gasteiger charge is 2.28. The fraction of sp³-hybridized carbons (Fsp3) is 0.667. The fourth-order valence-electron chi connectivity index (χ4n) is 1.57. The quantitative estimate of drug-likeness (QED) is 0.711. The number of nitrogens with two attached hydrogens (primary N) is 2. The van der Waals surface area contributed by atoms with Crippen LogP contribution in [0.2, 0.25) is 0 Å². The number of rotatable bonds is 0. The first-order valence-corrected chi connectivity index (χ1v) is 6.05. The maximum atomic E-state index is 6.07. The summed E-state index contributed by atoms with van der Waals surface area (Å²) in [5.41, 5.74) is 13.8. The van der Waals surface area contributed by atoms with E-state index in [0.717, 1.165) is 11.4 Å². The number of nitrogen functional groups attached to an aromatic ring is 2. The number of hydrogen-bond donors (Lipinski definition) is 2. The Kier molecular flexibility index (Phi) is 2.81. The van der Waals surface area contributed by atoms with Crippen molar-refractivity contribution in [2.75, 3.05) is 11.5 Å². The van der Waals surface area contributed by atoms with Crippen molar-refractivity contribution in [1.29, 1.82) is 0 Å². The summed E-state index contributed by atoms with van der Waals surface area (Å²) in [6, 6.07) is 0. The van der Waals surface area contributed by atoms with E-state index in [-0.39, 0.29) is 10.8 Å². The third kappa shape index (κ3) is 2.28. The first-order chi connectivity index (χ1) is 6.55. The normalized spacial score (nSPS) is 13.2. The topological polar surface area (TPSA) is 52.0 Å². The summed E-state index contributed by atoms with van der Waals surface area (Å²) in [7, 11) is 0. The molecule has 0 bridgehead atoms. The van der Waals surface area contributed by atoms with Crippen LogP contribution in [0.4, 0.5) is 11.4 Å². The van der Waals surface area contributed by atoms with Crippen LogP contribution in [0.1, 0.15) is 51.3 Å². The molecule has 0 aliphatic rings. The van der Waals surface area contributed by atoms with Gasteiger partial charge < -0.3 is 11.5 Å². The van der Waals surface area contributed by atoms with Crippen LogP contribution in [0, 0.1) is 0 Å². The molecule has 0 aliphatic heterocycles. The van der Waals surface area contributed by atoms with E-state index < -0.39 is 0 Å². The molecule has 1 aromatic rings. The Balaban J connectivity index is 3.38. The summed E-state index contributed by atoms with van der Waals surface area (Å²) < 4.78 is 0. The molecule has 0 unspecified atom stereocenters. The molecule has 15 heavy (non-hydrogen) atoms. The molecule has 0 fully saturated rings. The lowest BCUT2D eigenvalue weighted by molar-refractivity contribution is 0.603. The van der Waals surface area contributed by atoms with E-state index in [9.17, 15) is 0 Å². The first-order valence-electron chi connectivity index (χ1n) is 5.24. The molecular weight excluding hydrogens is 204 g/mol. The highest BCUT2D eigenvalue weighted by Crippen LogP contribution is 2.45.